The lowest BCUT2D eigenvalue weighted by Crippen LogP contribution is -2.49. The highest BCUT2D eigenvalue weighted by molar-refractivity contribution is 6.42. The van der Waals surface area contributed by atoms with E-state index < -0.39 is 11.9 Å². The molecule has 0 aliphatic carbocycles. The second kappa shape index (κ2) is 12.7. The molecule has 3 rings (SSSR count). The van der Waals surface area contributed by atoms with Crippen LogP contribution in [0.1, 0.15) is 37.7 Å². The standard InChI is InChI=1S/C18H24Cl2N2O.C4H4O4/c19-16-7-6-14(11-17(16)20)12-18(23)22-10-2-1-5-15(22)13-21-8-3-4-9-21;5-3(6)1-2-4(7)8/h6-7,11,15H,1-5,8-10,12-13H2;1-2H,(H,5,6)(H,7,8)/b;2-1+. The maximum atomic E-state index is 12.8. The van der Waals surface area contributed by atoms with Crippen molar-refractivity contribution in [3.63, 3.8) is 0 Å². The van der Waals surface area contributed by atoms with Gasteiger partial charge in [0.15, 0.2) is 0 Å². The van der Waals surface area contributed by atoms with Crippen molar-refractivity contribution in [2.75, 3.05) is 26.2 Å². The zero-order chi connectivity index (χ0) is 22.8. The van der Waals surface area contributed by atoms with Crippen LogP contribution < -0.4 is 0 Å². The van der Waals surface area contributed by atoms with Crippen LogP contribution in [0.2, 0.25) is 10.0 Å². The van der Waals surface area contributed by atoms with Gasteiger partial charge in [0, 0.05) is 31.3 Å². The van der Waals surface area contributed by atoms with Crippen molar-refractivity contribution < 1.29 is 24.6 Å². The van der Waals surface area contributed by atoms with E-state index in [1.807, 2.05) is 6.07 Å². The number of carboxylic acid groups (broad SMARTS) is 2. The molecule has 0 bridgehead atoms. The number of nitrogens with zero attached hydrogens (tertiary/aromatic N) is 2. The molecule has 2 N–H and O–H groups in total. The van der Waals surface area contributed by atoms with Gasteiger partial charge in [-0.1, -0.05) is 29.3 Å². The van der Waals surface area contributed by atoms with E-state index in [2.05, 4.69) is 9.80 Å². The van der Waals surface area contributed by atoms with Gasteiger partial charge in [-0.3, -0.25) is 4.79 Å². The van der Waals surface area contributed by atoms with Gasteiger partial charge in [-0.15, -0.1) is 0 Å². The third-order valence-electron chi connectivity index (χ3n) is 5.32. The minimum Gasteiger partial charge on any atom is -0.478 e. The van der Waals surface area contributed by atoms with Gasteiger partial charge in [-0.2, -0.15) is 0 Å². The first-order chi connectivity index (χ1) is 14.8. The number of halogens is 2. The predicted molar refractivity (Wildman–Crippen MR) is 120 cm³/mol. The molecule has 0 radical (unpaired) electrons. The van der Waals surface area contributed by atoms with Crippen molar-refractivity contribution in [2.45, 2.75) is 44.6 Å². The Morgan fingerprint density at radius 1 is 0.935 bits per heavy atom. The highest BCUT2D eigenvalue weighted by Gasteiger charge is 2.29. The number of hydrogen-bond donors (Lipinski definition) is 2. The number of rotatable bonds is 6. The Labute approximate surface area is 192 Å². The van der Waals surface area contributed by atoms with Gasteiger partial charge in [0.25, 0.3) is 0 Å². The summed E-state index contributed by atoms with van der Waals surface area (Å²) in [5.41, 5.74) is 0.940. The molecule has 2 heterocycles. The van der Waals surface area contributed by atoms with Gasteiger partial charge in [-0.25, -0.2) is 9.59 Å². The summed E-state index contributed by atoms with van der Waals surface area (Å²) >= 11 is 12.0. The molecule has 0 saturated carbocycles. The highest BCUT2D eigenvalue weighted by Crippen LogP contribution is 2.25. The SMILES string of the molecule is O=C(Cc1ccc(Cl)c(Cl)c1)N1CCCCC1CN1CCCC1.O=C(O)/C=C/C(=O)O. The van der Waals surface area contributed by atoms with Crippen LogP contribution in [0, 0.1) is 0 Å². The highest BCUT2D eigenvalue weighted by atomic mass is 35.5. The first-order valence-corrected chi connectivity index (χ1v) is 11.1. The van der Waals surface area contributed by atoms with Crippen LogP contribution >= 0.6 is 23.2 Å². The summed E-state index contributed by atoms with van der Waals surface area (Å²) in [6.45, 7) is 4.29. The molecule has 2 fully saturated rings. The van der Waals surface area contributed by atoms with Crippen molar-refractivity contribution in [1.82, 2.24) is 9.80 Å². The lowest BCUT2D eigenvalue weighted by atomic mass is 10.00. The van der Waals surface area contributed by atoms with Crippen LogP contribution in [-0.2, 0) is 20.8 Å². The number of amides is 1. The predicted octanol–water partition coefficient (Wildman–Crippen LogP) is 3.72. The third-order valence-corrected chi connectivity index (χ3v) is 6.06. The fourth-order valence-electron chi connectivity index (χ4n) is 3.85. The quantitative estimate of drug-likeness (QED) is 0.614. The molecule has 1 aromatic rings. The summed E-state index contributed by atoms with van der Waals surface area (Å²) in [4.78, 5) is 36.5. The summed E-state index contributed by atoms with van der Waals surface area (Å²) in [7, 11) is 0. The molecule has 7 nitrogen and oxygen atoms in total. The topological polar surface area (TPSA) is 98.2 Å². The summed E-state index contributed by atoms with van der Waals surface area (Å²) in [6.07, 6.45) is 7.59. The number of likely N-dealkylation sites (tertiary alicyclic amines) is 2. The number of aliphatic carboxylic acids is 2. The van der Waals surface area contributed by atoms with Gasteiger partial charge in [0.05, 0.1) is 16.5 Å². The van der Waals surface area contributed by atoms with Gasteiger partial charge < -0.3 is 20.0 Å². The molecule has 0 aromatic heterocycles. The normalized spacial score (nSPS) is 19.2. The average Bonchev–Trinajstić information content (AvgIpc) is 3.23. The molecule has 1 atom stereocenters. The molecule has 31 heavy (non-hydrogen) atoms. The molecular formula is C22H28Cl2N2O5. The van der Waals surface area contributed by atoms with E-state index in [9.17, 15) is 14.4 Å². The van der Waals surface area contributed by atoms with E-state index in [1.165, 1.54) is 32.4 Å². The van der Waals surface area contributed by atoms with E-state index in [0.29, 0.717) is 34.7 Å². The monoisotopic (exact) mass is 470 g/mol. The lowest BCUT2D eigenvalue weighted by molar-refractivity contribution is -0.134. The number of piperidine rings is 1. The second-order valence-corrected chi connectivity index (χ2v) is 8.49. The Balaban J connectivity index is 0.000000366. The number of carboxylic acids is 2. The summed E-state index contributed by atoms with van der Waals surface area (Å²) in [5, 5.41) is 16.7. The number of carbonyl (C=O) groups is 3. The molecule has 0 spiro atoms. The largest absolute Gasteiger partial charge is 0.478 e. The van der Waals surface area contributed by atoms with Crippen molar-refractivity contribution in [2.24, 2.45) is 0 Å². The third kappa shape index (κ3) is 8.89. The van der Waals surface area contributed by atoms with Crippen LogP contribution in [0.4, 0.5) is 0 Å². The molecule has 1 aromatic carbocycles. The maximum Gasteiger partial charge on any atom is 0.328 e. The Morgan fingerprint density at radius 2 is 1.55 bits per heavy atom. The summed E-state index contributed by atoms with van der Waals surface area (Å²) in [5.74, 6) is -2.30. The zero-order valence-corrected chi connectivity index (χ0v) is 18.8. The maximum absolute atomic E-state index is 12.8. The van der Waals surface area contributed by atoms with Gasteiger partial charge in [0.1, 0.15) is 0 Å². The molecule has 2 aliphatic heterocycles. The number of benzene rings is 1. The molecule has 170 valence electrons. The fraction of sp³-hybridized carbons (Fsp3) is 0.500. The van der Waals surface area contributed by atoms with E-state index in [-0.39, 0.29) is 5.91 Å². The Bertz CT molecular complexity index is 793. The Morgan fingerprint density at radius 3 is 2.13 bits per heavy atom. The average molecular weight is 471 g/mol. The fourth-order valence-corrected chi connectivity index (χ4v) is 4.17. The molecule has 9 heteroatoms. The van der Waals surface area contributed by atoms with Crippen molar-refractivity contribution in [3.05, 3.63) is 46.0 Å². The van der Waals surface area contributed by atoms with Gasteiger partial charge in [-0.05, 0) is 62.9 Å². The van der Waals surface area contributed by atoms with E-state index >= 15 is 0 Å². The van der Waals surface area contributed by atoms with Crippen LogP contribution in [0.3, 0.4) is 0 Å². The number of carbonyl (C=O) groups excluding carboxylic acids is 1. The molecule has 2 aliphatic rings. The summed E-state index contributed by atoms with van der Waals surface area (Å²) < 4.78 is 0. The van der Waals surface area contributed by atoms with Crippen LogP contribution in [0.25, 0.3) is 0 Å². The molecular weight excluding hydrogens is 443 g/mol. The lowest BCUT2D eigenvalue weighted by Gasteiger charge is -2.38. The van der Waals surface area contributed by atoms with E-state index in [0.717, 1.165) is 31.5 Å². The van der Waals surface area contributed by atoms with Gasteiger partial charge >= 0.3 is 11.9 Å². The first-order valence-electron chi connectivity index (χ1n) is 10.4. The van der Waals surface area contributed by atoms with Crippen molar-refractivity contribution in [3.8, 4) is 0 Å². The first kappa shape index (κ1) is 25.2. The van der Waals surface area contributed by atoms with E-state index in [4.69, 9.17) is 33.4 Å². The molecule has 1 unspecified atom stereocenters. The van der Waals surface area contributed by atoms with E-state index in [1.54, 1.807) is 12.1 Å². The van der Waals surface area contributed by atoms with Crippen molar-refractivity contribution >= 4 is 41.0 Å². The molecule has 1 amide bonds. The second-order valence-electron chi connectivity index (χ2n) is 7.68. The van der Waals surface area contributed by atoms with Gasteiger partial charge in [0.2, 0.25) is 5.91 Å². The smallest absolute Gasteiger partial charge is 0.328 e. The summed E-state index contributed by atoms with van der Waals surface area (Å²) in [6, 6.07) is 5.84. The minimum atomic E-state index is -1.26. The Hall–Kier alpha value is -2.09. The van der Waals surface area contributed by atoms with Crippen LogP contribution in [0.15, 0.2) is 30.4 Å². The molecule has 2 saturated heterocycles. The number of hydrogen-bond acceptors (Lipinski definition) is 4. The van der Waals surface area contributed by atoms with Crippen LogP contribution in [0.5, 0.6) is 0 Å². The Kier molecular flexibility index (Phi) is 10.3. The minimum absolute atomic E-state index is 0.215. The van der Waals surface area contributed by atoms with Crippen molar-refractivity contribution in [1.29, 1.82) is 0 Å². The van der Waals surface area contributed by atoms with Crippen LogP contribution in [-0.4, -0.2) is 70.1 Å². The zero-order valence-electron chi connectivity index (χ0n) is 17.3.